The zero-order chi connectivity index (χ0) is 15.8. The summed E-state index contributed by atoms with van der Waals surface area (Å²) in [7, 11) is 1.65. The molecule has 2 aromatic carbocycles. The lowest BCUT2D eigenvalue weighted by Crippen LogP contribution is -2.36. The summed E-state index contributed by atoms with van der Waals surface area (Å²) in [5.41, 5.74) is 3.43. The highest BCUT2D eigenvalue weighted by Gasteiger charge is 2.01. The Morgan fingerprint density at radius 1 is 1.05 bits per heavy atom. The predicted molar refractivity (Wildman–Crippen MR) is 88.1 cm³/mol. The number of carbonyl (C=O) groups excluding carboxylic acids is 1. The van der Waals surface area contributed by atoms with Crippen LogP contribution in [0.4, 0.5) is 4.79 Å². The number of hydrogen-bond acceptors (Lipinski definition) is 2. The third-order valence-electron chi connectivity index (χ3n) is 3.37. The summed E-state index contributed by atoms with van der Waals surface area (Å²) in [5.74, 6) is 0.835. The van der Waals surface area contributed by atoms with Crippen molar-refractivity contribution in [2.75, 3.05) is 13.7 Å². The van der Waals surface area contributed by atoms with Gasteiger partial charge in [0.05, 0.1) is 7.11 Å². The SMILES string of the molecule is COc1cccc(CCNC(=O)NCc2cccc(C)c2)c1. The van der Waals surface area contributed by atoms with Gasteiger partial charge in [-0.05, 0) is 36.6 Å². The van der Waals surface area contributed by atoms with Crippen LogP contribution in [0.2, 0.25) is 0 Å². The van der Waals surface area contributed by atoms with E-state index in [9.17, 15) is 4.79 Å². The van der Waals surface area contributed by atoms with E-state index in [0.717, 1.165) is 23.3 Å². The van der Waals surface area contributed by atoms with Crippen molar-refractivity contribution in [2.24, 2.45) is 0 Å². The van der Waals surface area contributed by atoms with E-state index in [-0.39, 0.29) is 6.03 Å². The Hall–Kier alpha value is -2.49. The molecule has 0 aliphatic carbocycles. The lowest BCUT2D eigenvalue weighted by molar-refractivity contribution is 0.240. The molecular weight excluding hydrogens is 276 g/mol. The molecule has 2 rings (SSSR count). The third-order valence-corrected chi connectivity index (χ3v) is 3.37. The Labute approximate surface area is 131 Å². The van der Waals surface area contributed by atoms with Crippen LogP contribution in [0.5, 0.6) is 5.75 Å². The van der Waals surface area contributed by atoms with Crippen LogP contribution in [0, 0.1) is 6.92 Å². The van der Waals surface area contributed by atoms with Crippen molar-refractivity contribution in [3.05, 3.63) is 65.2 Å². The lowest BCUT2D eigenvalue weighted by atomic mass is 10.1. The zero-order valence-corrected chi connectivity index (χ0v) is 13.1. The highest BCUT2D eigenvalue weighted by Crippen LogP contribution is 2.12. The summed E-state index contributed by atoms with van der Waals surface area (Å²) in [5, 5.41) is 5.72. The van der Waals surface area contributed by atoms with E-state index in [4.69, 9.17) is 4.74 Å². The summed E-state index contributed by atoms with van der Waals surface area (Å²) in [4.78, 5) is 11.8. The largest absolute Gasteiger partial charge is 0.497 e. The number of carbonyl (C=O) groups is 1. The van der Waals surface area contributed by atoms with Gasteiger partial charge < -0.3 is 15.4 Å². The minimum Gasteiger partial charge on any atom is -0.497 e. The summed E-state index contributed by atoms with van der Waals surface area (Å²) in [6.45, 7) is 3.16. The van der Waals surface area contributed by atoms with Gasteiger partial charge in [-0.25, -0.2) is 4.79 Å². The Kier molecular flexibility index (Phi) is 5.83. The summed E-state index contributed by atoms with van der Waals surface area (Å²) >= 11 is 0. The first kappa shape index (κ1) is 15.9. The molecule has 0 saturated carbocycles. The average molecular weight is 298 g/mol. The van der Waals surface area contributed by atoms with Gasteiger partial charge in [0.2, 0.25) is 0 Å². The molecule has 0 aliphatic heterocycles. The van der Waals surface area contributed by atoms with Crippen molar-refractivity contribution in [2.45, 2.75) is 19.9 Å². The average Bonchev–Trinajstić information content (AvgIpc) is 2.53. The lowest BCUT2D eigenvalue weighted by Gasteiger charge is -2.09. The van der Waals surface area contributed by atoms with Crippen molar-refractivity contribution in [3.63, 3.8) is 0 Å². The monoisotopic (exact) mass is 298 g/mol. The summed E-state index contributed by atoms with van der Waals surface area (Å²) < 4.78 is 5.18. The molecule has 0 radical (unpaired) electrons. The van der Waals surface area contributed by atoms with Crippen molar-refractivity contribution in [3.8, 4) is 5.75 Å². The van der Waals surface area contributed by atoms with Crippen LogP contribution >= 0.6 is 0 Å². The van der Waals surface area contributed by atoms with Gasteiger partial charge in [-0.1, -0.05) is 42.0 Å². The summed E-state index contributed by atoms with van der Waals surface area (Å²) in [6.07, 6.45) is 0.773. The first-order valence-electron chi connectivity index (χ1n) is 7.37. The van der Waals surface area contributed by atoms with Gasteiger partial charge in [0.15, 0.2) is 0 Å². The number of aryl methyl sites for hydroxylation is 1. The molecule has 0 unspecified atom stereocenters. The number of ether oxygens (including phenoxy) is 1. The van der Waals surface area contributed by atoms with Crippen LogP contribution in [0.15, 0.2) is 48.5 Å². The molecule has 2 amide bonds. The fourth-order valence-electron chi connectivity index (χ4n) is 2.22. The molecule has 0 aromatic heterocycles. The number of benzene rings is 2. The standard InChI is InChI=1S/C18H22N2O2/c1-14-5-3-7-16(11-14)13-20-18(21)19-10-9-15-6-4-8-17(12-15)22-2/h3-8,11-12H,9-10,13H2,1-2H3,(H2,19,20,21). The molecular formula is C18H22N2O2. The number of rotatable bonds is 6. The Balaban J connectivity index is 1.71. The topological polar surface area (TPSA) is 50.4 Å². The number of nitrogens with one attached hydrogen (secondary N) is 2. The molecule has 22 heavy (non-hydrogen) atoms. The van der Waals surface area contributed by atoms with Crippen molar-refractivity contribution in [1.82, 2.24) is 10.6 Å². The fraction of sp³-hybridized carbons (Fsp3) is 0.278. The maximum Gasteiger partial charge on any atom is 0.315 e. The molecule has 0 saturated heterocycles. The molecule has 4 heteroatoms. The number of amides is 2. The number of urea groups is 1. The number of hydrogen-bond donors (Lipinski definition) is 2. The highest BCUT2D eigenvalue weighted by molar-refractivity contribution is 5.73. The van der Waals surface area contributed by atoms with E-state index in [1.54, 1.807) is 7.11 Å². The van der Waals surface area contributed by atoms with E-state index >= 15 is 0 Å². The molecule has 2 N–H and O–H groups in total. The van der Waals surface area contributed by atoms with Gasteiger partial charge in [0, 0.05) is 13.1 Å². The Morgan fingerprint density at radius 2 is 1.82 bits per heavy atom. The molecule has 0 heterocycles. The molecule has 0 atom stereocenters. The Morgan fingerprint density at radius 3 is 2.59 bits per heavy atom. The second-order valence-electron chi connectivity index (χ2n) is 5.20. The normalized spacial score (nSPS) is 10.1. The zero-order valence-electron chi connectivity index (χ0n) is 13.1. The van der Waals surface area contributed by atoms with Crippen LogP contribution < -0.4 is 15.4 Å². The molecule has 2 aromatic rings. The van der Waals surface area contributed by atoms with E-state index in [0.29, 0.717) is 13.1 Å². The van der Waals surface area contributed by atoms with Gasteiger partial charge in [-0.2, -0.15) is 0 Å². The summed E-state index contributed by atoms with van der Waals surface area (Å²) in [6, 6.07) is 15.8. The molecule has 116 valence electrons. The van der Waals surface area contributed by atoms with Crippen LogP contribution in [-0.4, -0.2) is 19.7 Å². The predicted octanol–water partition coefficient (Wildman–Crippen LogP) is 3.05. The van der Waals surface area contributed by atoms with Crippen molar-refractivity contribution >= 4 is 6.03 Å². The van der Waals surface area contributed by atoms with E-state index < -0.39 is 0 Å². The maximum atomic E-state index is 11.8. The molecule has 0 bridgehead atoms. The fourth-order valence-corrected chi connectivity index (χ4v) is 2.22. The van der Waals surface area contributed by atoms with Gasteiger partial charge in [-0.3, -0.25) is 0 Å². The van der Waals surface area contributed by atoms with Gasteiger partial charge in [0.25, 0.3) is 0 Å². The first-order chi connectivity index (χ1) is 10.7. The van der Waals surface area contributed by atoms with Gasteiger partial charge in [0.1, 0.15) is 5.75 Å². The maximum absolute atomic E-state index is 11.8. The van der Waals surface area contributed by atoms with E-state index in [2.05, 4.69) is 16.7 Å². The van der Waals surface area contributed by atoms with Crippen LogP contribution in [0.1, 0.15) is 16.7 Å². The van der Waals surface area contributed by atoms with Crippen molar-refractivity contribution in [1.29, 1.82) is 0 Å². The second-order valence-corrected chi connectivity index (χ2v) is 5.20. The van der Waals surface area contributed by atoms with Gasteiger partial charge >= 0.3 is 6.03 Å². The van der Waals surface area contributed by atoms with E-state index in [1.807, 2.05) is 49.4 Å². The minimum atomic E-state index is -0.149. The van der Waals surface area contributed by atoms with Crippen LogP contribution in [0.3, 0.4) is 0 Å². The molecule has 0 aliphatic rings. The highest BCUT2D eigenvalue weighted by atomic mass is 16.5. The van der Waals surface area contributed by atoms with Crippen molar-refractivity contribution < 1.29 is 9.53 Å². The smallest absolute Gasteiger partial charge is 0.315 e. The molecule has 0 fully saturated rings. The quantitative estimate of drug-likeness (QED) is 0.861. The third kappa shape index (κ3) is 5.13. The Bertz CT molecular complexity index is 626. The first-order valence-corrected chi connectivity index (χ1v) is 7.37. The number of methoxy groups -OCH3 is 1. The molecule has 4 nitrogen and oxygen atoms in total. The second kappa shape index (κ2) is 8.08. The molecule has 0 spiro atoms. The van der Waals surface area contributed by atoms with Crippen LogP contribution in [-0.2, 0) is 13.0 Å². The van der Waals surface area contributed by atoms with Crippen LogP contribution in [0.25, 0.3) is 0 Å². The van der Waals surface area contributed by atoms with Gasteiger partial charge in [-0.15, -0.1) is 0 Å². The van der Waals surface area contributed by atoms with E-state index in [1.165, 1.54) is 5.56 Å². The minimum absolute atomic E-state index is 0.149.